The molecule has 0 bridgehead atoms. The molecule has 7 heteroatoms. The van der Waals surface area contributed by atoms with E-state index in [0.29, 0.717) is 13.0 Å². The van der Waals surface area contributed by atoms with Crippen molar-refractivity contribution in [3.05, 3.63) is 16.1 Å². The summed E-state index contributed by atoms with van der Waals surface area (Å²) in [6, 6.07) is 0. The number of amides is 1. The number of thiazole rings is 1. The second kappa shape index (κ2) is 7.25. The number of hydrogen-bond donors (Lipinski definition) is 1. The van der Waals surface area contributed by atoms with Gasteiger partial charge in [0.2, 0.25) is 5.91 Å². The van der Waals surface area contributed by atoms with Crippen molar-refractivity contribution in [2.45, 2.75) is 26.0 Å². The van der Waals surface area contributed by atoms with Gasteiger partial charge < -0.3 is 14.9 Å². The molecule has 0 radical (unpaired) electrons. The molecular formula is C16H26N4O2S. The summed E-state index contributed by atoms with van der Waals surface area (Å²) >= 11 is 1.68. The molecule has 0 spiro atoms. The van der Waals surface area contributed by atoms with Gasteiger partial charge in [-0.2, -0.15) is 0 Å². The minimum atomic E-state index is -0.491. The highest BCUT2D eigenvalue weighted by atomic mass is 32.1. The molecule has 2 aliphatic rings. The van der Waals surface area contributed by atoms with Crippen molar-refractivity contribution in [1.29, 1.82) is 0 Å². The van der Waals surface area contributed by atoms with Crippen LogP contribution in [0.25, 0.3) is 0 Å². The predicted molar refractivity (Wildman–Crippen MR) is 90.3 cm³/mol. The molecule has 1 aromatic heterocycles. The number of aliphatic hydroxyl groups excluding tert-OH is 1. The lowest BCUT2D eigenvalue weighted by molar-refractivity contribution is -0.144. The minimum absolute atomic E-state index is 0.119. The number of nitrogens with zero attached hydrogens (tertiary/aromatic N) is 4. The van der Waals surface area contributed by atoms with Gasteiger partial charge in [0.15, 0.2) is 0 Å². The van der Waals surface area contributed by atoms with Crippen LogP contribution in [0.4, 0.5) is 0 Å². The fourth-order valence-corrected chi connectivity index (χ4v) is 4.02. The van der Waals surface area contributed by atoms with Crippen LogP contribution < -0.4 is 0 Å². The number of piperazine rings is 1. The van der Waals surface area contributed by atoms with Crippen molar-refractivity contribution < 1.29 is 9.90 Å². The van der Waals surface area contributed by atoms with Crippen molar-refractivity contribution in [2.24, 2.45) is 5.92 Å². The van der Waals surface area contributed by atoms with Gasteiger partial charge in [-0.3, -0.25) is 9.69 Å². The van der Waals surface area contributed by atoms with E-state index in [4.69, 9.17) is 0 Å². The van der Waals surface area contributed by atoms with Gasteiger partial charge in [-0.05, 0) is 20.4 Å². The molecule has 0 aliphatic carbocycles. The first-order valence-electron chi connectivity index (χ1n) is 8.31. The SMILES string of the molecule is Cc1nc(CN2CCN(C(=O)[C@@H]3CN(C)CC[C@H]3O)CC2)cs1. The van der Waals surface area contributed by atoms with E-state index in [0.717, 1.165) is 50.0 Å². The Bertz CT molecular complexity index is 542. The monoisotopic (exact) mass is 338 g/mol. The number of aliphatic hydroxyl groups is 1. The summed E-state index contributed by atoms with van der Waals surface area (Å²) in [6.45, 7) is 7.66. The number of rotatable bonds is 3. The quantitative estimate of drug-likeness (QED) is 0.865. The molecule has 1 N–H and O–H groups in total. The second-order valence-electron chi connectivity index (χ2n) is 6.68. The number of piperidine rings is 1. The van der Waals surface area contributed by atoms with Crippen molar-refractivity contribution in [3.63, 3.8) is 0 Å². The topological polar surface area (TPSA) is 59.9 Å². The third-order valence-corrected chi connectivity index (χ3v) is 5.66. The van der Waals surface area contributed by atoms with Crippen LogP contribution in [0.3, 0.4) is 0 Å². The Morgan fingerprint density at radius 3 is 2.74 bits per heavy atom. The molecule has 23 heavy (non-hydrogen) atoms. The first-order valence-corrected chi connectivity index (χ1v) is 9.19. The van der Waals surface area contributed by atoms with Crippen LogP contribution in [-0.2, 0) is 11.3 Å². The lowest BCUT2D eigenvalue weighted by Gasteiger charge is -2.39. The van der Waals surface area contributed by atoms with Crippen molar-refractivity contribution in [1.82, 2.24) is 19.7 Å². The average molecular weight is 338 g/mol. The molecule has 6 nitrogen and oxygen atoms in total. The fraction of sp³-hybridized carbons (Fsp3) is 0.750. The van der Waals surface area contributed by atoms with E-state index in [1.54, 1.807) is 11.3 Å². The zero-order chi connectivity index (χ0) is 16.4. The predicted octanol–water partition coefficient (Wildman–Crippen LogP) is 0.408. The Morgan fingerprint density at radius 1 is 1.35 bits per heavy atom. The Hall–Kier alpha value is -1.02. The van der Waals surface area contributed by atoms with E-state index in [9.17, 15) is 9.90 Å². The van der Waals surface area contributed by atoms with Crippen molar-refractivity contribution in [2.75, 3.05) is 46.3 Å². The van der Waals surface area contributed by atoms with Crippen molar-refractivity contribution in [3.8, 4) is 0 Å². The summed E-state index contributed by atoms with van der Waals surface area (Å²) in [6.07, 6.45) is 0.200. The minimum Gasteiger partial charge on any atom is -0.392 e. The van der Waals surface area contributed by atoms with Gasteiger partial charge in [0.25, 0.3) is 0 Å². The van der Waals surface area contributed by atoms with Gasteiger partial charge in [-0.1, -0.05) is 0 Å². The Morgan fingerprint density at radius 2 is 2.09 bits per heavy atom. The van der Waals surface area contributed by atoms with Gasteiger partial charge in [0.05, 0.1) is 22.7 Å². The summed E-state index contributed by atoms with van der Waals surface area (Å²) in [4.78, 5) is 23.6. The molecule has 0 saturated carbocycles. The third-order valence-electron chi connectivity index (χ3n) is 4.83. The molecule has 3 rings (SSSR count). The number of carbonyl (C=O) groups is 1. The van der Waals surface area contributed by atoms with Crippen LogP contribution in [0.5, 0.6) is 0 Å². The molecule has 2 atom stereocenters. The summed E-state index contributed by atoms with van der Waals surface area (Å²) in [7, 11) is 2.01. The van der Waals surface area contributed by atoms with Gasteiger partial charge in [-0.25, -0.2) is 4.98 Å². The van der Waals surface area contributed by atoms with E-state index in [-0.39, 0.29) is 11.8 Å². The zero-order valence-corrected chi connectivity index (χ0v) is 14.8. The molecule has 1 aromatic rings. The van der Waals surface area contributed by atoms with E-state index < -0.39 is 6.10 Å². The molecule has 0 unspecified atom stereocenters. The van der Waals surface area contributed by atoms with Crippen LogP contribution in [0.1, 0.15) is 17.1 Å². The number of hydrogen-bond acceptors (Lipinski definition) is 6. The van der Waals surface area contributed by atoms with E-state index in [1.807, 2.05) is 18.9 Å². The van der Waals surface area contributed by atoms with Crippen LogP contribution in [0.15, 0.2) is 5.38 Å². The van der Waals surface area contributed by atoms with Crippen molar-refractivity contribution >= 4 is 17.2 Å². The molecule has 2 saturated heterocycles. The van der Waals surface area contributed by atoms with Crippen LogP contribution >= 0.6 is 11.3 Å². The maximum atomic E-state index is 12.7. The fourth-order valence-electron chi connectivity index (χ4n) is 3.42. The van der Waals surface area contributed by atoms with E-state index >= 15 is 0 Å². The molecule has 128 valence electrons. The molecule has 2 fully saturated rings. The largest absolute Gasteiger partial charge is 0.392 e. The Balaban J connectivity index is 1.51. The van der Waals surface area contributed by atoms with Gasteiger partial charge in [0, 0.05) is 51.2 Å². The first kappa shape index (κ1) is 16.8. The number of aromatic nitrogens is 1. The smallest absolute Gasteiger partial charge is 0.229 e. The molecular weight excluding hydrogens is 312 g/mol. The second-order valence-corrected chi connectivity index (χ2v) is 7.75. The maximum absolute atomic E-state index is 12.7. The number of aryl methyl sites for hydroxylation is 1. The van der Waals surface area contributed by atoms with E-state index in [1.165, 1.54) is 0 Å². The molecule has 2 aliphatic heterocycles. The van der Waals surface area contributed by atoms with Crippen LogP contribution in [0, 0.1) is 12.8 Å². The number of likely N-dealkylation sites (tertiary alicyclic amines) is 1. The van der Waals surface area contributed by atoms with Crippen LogP contribution in [-0.4, -0.2) is 83.1 Å². The van der Waals surface area contributed by atoms with Gasteiger partial charge in [-0.15, -0.1) is 11.3 Å². The normalized spacial score (nSPS) is 27.3. The summed E-state index contributed by atoms with van der Waals surface area (Å²) in [5.41, 5.74) is 1.12. The Labute approximate surface area is 141 Å². The lowest BCUT2D eigenvalue weighted by Crippen LogP contribution is -2.54. The average Bonchev–Trinajstić information content (AvgIpc) is 2.95. The number of carbonyl (C=O) groups excluding carboxylic acids is 1. The lowest BCUT2D eigenvalue weighted by atomic mass is 9.93. The highest BCUT2D eigenvalue weighted by molar-refractivity contribution is 7.09. The highest BCUT2D eigenvalue weighted by Gasteiger charge is 2.35. The summed E-state index contributed by atoms with van der Waals surface area (Å²) < 4.78 is 0. The summed E-state index contributed by atoms with van der Waals surface area (Å²) in [5, 5.41) is 13.4. The summed E-state index contributed by atoms with van der Waals surface area (Å²) in [5.74, 6) is -0.144. The zero-order valence-electron chi connectivity index (χ0n) is 13.9. The molecule has 1 amide bonds. The van der Waals surface area contributed by atoms with Gasteiger partial charge >= 0.3 is 0 Å². The molecule has 3 heterocycles. The van der Waals surface area contributed by atoms with E-state index in [2.05, 4.69) is 20.2 Å². The highest BCUT2D eigenvalue weighted by Crippen LogP contribution is 2.20. The molecule has 0 aromatic carbocycles. The first-order chi connectivity index (χ1) is 11.0. The standard InChI is InChI=1S/C16H26N4O2S/c1-12-17-13(11-23-12)9-19-5-7-20(8-6-19)16(22)14-10-18(2)4-3-15(14)21/h11,14-15,21H,3-10H2,1-2H3/t14-,15-/m1/s1. The maximum Gasteiger partial charge on any atom is 0.229 e. The van der Waals surface area contributed by atoms with Gasteiger partial charge in [0.1, 0.15) is 0 Å². The third kappa shape index (κ3) is 4.09. The van der Waals surface area contributed by atoms with Crippen LogP contribution in [0.2, 0.25) is 0 Å². The Kier molecular flexibility index (Phi) is 5.31.